The van der Waals surface area contributed by atoms with E-state index in [4.69, 9.17) is 5.26 Å². The third kappa shape index (κ3) is 5.96. The lowest BCUT2D eigenvalue weighted by molar-refractivity contribution is -0.135. The van der Waals surface area contributed by atoms with Crippen molar-refractivity contribution in [3.05, 3.63) is 94.2 Å². The maximum atomic E-state index is 13.5. The topological polar surface area (TPSA) is 136 Å². The summed E-state index contributed by atoms with van der Waals surface area (Å²) in [6, 6.07) is 19.3. The highest BCUT2D eigenvalue weighted by Crippen LogP contribution is 2.23. The summed E-state index contributed by atoms with van der Waals surface area (Å²) in [6.07, 6.45) is 3.46. The number of hydrogen-bond donors (Lipinski definition) is 2. The van der Waals surface area contributed by atoms with Crippen LogP contribution in [0.5, 0.6) is 0 Å². The van der Waals surface area contributed by atoms with Gasteiger partial charge < -0.3 is 10.2 Å². The summed E-state index contributed by atoms with van der Waals surface area (Å²) < 4.78 is 1.33. The van der Waals surface area contributed by atoms with Crippen molar-refractivity contribution in [3.8, 4) is 6.07 Å². The quantitative estimate of drug-likeness (QED) is 0.318. The van der Waals surface area contributed by atoms with Crippen molar-refractivity contribution in [3.63, 3.8) is 0 Å². The van der Waals surface area contributed by atoms with Crippen molar-refractivity contribution in [2.45, 2.75) is 44.9 Å². The van der Waals surface area contributed by atoms with Gasteiger partial charge in [-0.3, -0.25) is 29.2 Å². The Morgan fingerprint density at radius 3 is 2.56 bits per heavy atom. The van der Waals surface area contributed by atoms with Gasteiger partial charge in [0.1, 0.15) is 17.9 Å². The standard InChI is InChI=1S/C32H32N8O3/c1-21-18-39(28-11-9-24(15-33)17-35-28)14-13-38(21)19-23-7-5-22(6-8-23)16-34-25-3-2-4-26-30(25)32(43)40(20-36-26)27-10-12-29(41)37-31(27)42/h2-9,11,17,20-21,27,34H,10,12-14,16,18-19H2,1H3,(H,37,41,42)/t21-,27?/m1/s1. The number of fused-ring (bicyclic) bond motifs is 1. The second-order valence-electron chi connectivity index (χ2n) is 11.1. The van der Waals surface area contributed by atoms with Crippen LogP contribution in [0.4, 0.5) is 11.5 Å². The molecule has 2 fully saturated rings. The van der Waals surface area contributed by atoms with Crippen molar-refractivity contribution in [1.82, 2.24) is 24.8 Å². The molecule has 2 atom stereocenters. The van der Waals surface area contributed by atoms with Gasteiger partial charge in [-0.2, -0.15) is 5.26 Å². The van der Waals surface area contributed by atoms with Gasteiger partial charge in [0.05, 0.1) is 22.8 Å². The Morgan fingerprint density at radius 2 is 1.84 bits per heavy atom. The van der Waals surface area contributed by atoms with Crippen molar-refractivity contribution >= 4 is 34.2 Å². The van der Waals surface area contributed by atoms with Crippen LogP contribution >= 0.6 is 0 Å². The van der Waals surface area contributed by atoms with E-state index < -0.39 is 11.9 Å². The molecule has 218 valence electrons. The zero-order chi connectivity index (χ0) is 29.9. The molecule has 11 heteroatoms. The average molecular weight is 577 g/mol. The van der Waals surface area contributed by atoms with Crippen molar-refractivity contribution in [2.24, 2.45) is 0 Å². The molecule has 6 rings (SSSR count). The van der Waals surface area contributed by atoms with Gasteiger partial charge in [0.15, 0.2) is 0 Å². The highest BCUT2D eigenvalue weighted by Gasteiger charge is 2.29. The molecule has 43 heavy (non-hydrogen) atoms. The Balaban J connectivity index is 1.09. The highest BCUT2D eigenvalue weighted by atomic mass is 16.2. The van der Waals surface area contributed by atoms with Gasteiger partial charge in [-0.1, -0.05) is 30.3 Å². The van der Waals surface area contributed by atoms with E-state index in [9.17, 15) is 14.4 Å². The van der Waals surface area contributed by atoms with Crippen molar-refractivity contribution < 1.29 is 9.59 Å². The van der Waals surface area contributed by atoms with Crippen LogP contribution < -0.4 is 21.1 Å². The van der Waals surface area contributed by atoms with E-state index in [-0.39, 0.29) is 24.3 Å². The number of nitriles is 1. The summed E-state index contributed by atoms with van der Waals surface area (Å²) in [5.41, 5.74) is 3.72. The van der Waals surface area contributed by atoms with Crippen LogP contribution in [0.3, 0.4) is 0 Å². The minimum atomic E-state index is -0.763. The summed E-state index contributed by atoms with van der Waals surface area (Å²) in [5, 5.41) is 15.1. The molecule has 2 amide bonds. The minimum Gasteiger partial charge on any atom is -0.380 e. The highest BCUT2D eigenvalue weighted by molar-refractivity contribution is 5.99. The van der Waals surface area contributed by atoms with Crippen molar-refractivity contribution in [1.29, 1.82) is 5.26 Å². The maximum absolute atomic E-state index is 13.5. The molecule has 2 aliphatic heterocycles. The third-order valence-electron chi connectivity index (χ3n) is 8.22. The molecule has 2 saturated heterocycles. The second kappa shape index (κ2) is 12.0. The summed E-state index contributed by atoms with van der Waals surface area (Å²) >= 11 is 0. The number of piperazine rings is 1. The Bertz CT molecular complexity index is 1760. The number of benzene rings is 2. The number of imide groups is 1. The molecule has 0 aliphatic carbocycles. The SMILES string of the molecule is C[C@@H]1CN(c2ccc(C#N)cn2)CCN1Cc1ccc(CNc2cccc3ncn(C4CCC(=O)NC4=O)c(=O)c23)cc1. The first-order chi connectivity index (χ1) is 20.9. The molecular weight excluding hydrogens is 544 g/mol. The molecule has 0 spiro atoms. The molecular formula is C32H32N8O3. The minimum absolute atomic E-state index is 0.183. The molecule has 11 nitrogen and oxygen atoms in total. The Kier molecular flexibility index (Phi) is 7.85. The van der Waals surface area contributed by atoms with Crippen molar-refractivity contribution in [2.75, 3.05) is 29.9 Å². The van der Waals surface area contributed by atoms with Crippen LogP contribution in [-0.4, -0.2) is 56.9 Å². The van der Waals surface area contributed by atoms with Gasteiger partial charge in [0, 0.05) is 57.1 Å². The zero-order valence-electron chi connectivity index (χ0n) is 23.9. The number of nitrogens with one attached hydrogen (secondary N) is 2. The van der Waals surface area contributed by atoms with E-state index >= 15 is 0 Å². The Morgan fingerprint density at radius 1 is 1.02 bits per heavy atom. The largest absolute Gasteiger partial charge is 0.380 e. The molecule has 0 saturated carbocycles. The van der Waals surface area contributed by atoms with Crippen LogP contribution in [-0.2, 0) is 22.7 Å². The third-order valence-corrected chi connectivity index (χ3v) is 8.22. The number of carbonyl (C=O) groups is 2. The second-order valence-corrected chi connectivity index (χ2v) is 11.1. The van der Waals surface area contributed by atoms with Gasteiger partial charge in [-0.25, -0.2) is 9.97 Å². The number of pyridine rings is 1. The van der Waals surface area contributed by atoms with Gasteiger partial charge in [-0.15, -0.1) is 0 Å². The number of amides is 2. The Labute approximate surface area is 248 Å². The van der Waals surface area contributed by atoms with E-state index in [1.54, 1.807) is 12.3 Å². The van der Waals surface area contributed by atoms with Gasteiger partial charge in [0.25, 0.3) is 5.56 Å². The number of nitrogens with zero attached hydrogens (tertiary/aromatic N) is 6. The molecule has 2 aliphatic rings. The molecule has 4 heterocycles. The molecule has 2 aromatic heterocycles. The van der Waals surface area contributed by atoms with E-state index in [0.717, 1.165) is 37.6 Å². The fraction of sp³-hybridized carbons (Fsp3) is 0.312. The predicted octanol–water partition coefficient (Wildman–Crippen LogP) is 2.96. The number of hydrogen-bond acceptors (Lipinski definition) is 9. The molecule has 0 bridgehead atoms. The van der Waals surface area contributed by atoms with E-state index in [1.165, 1.54) is 16.5 Å². The van der Waals surface area contributed by atoms with E-state index in [2.05, 4.69) is 67.7 Å². The number of anilines is 2. The number of carbonyl (C=O) groups excluding carboxylic acids is 2. The van der Waals surface area contributed by atoms with Gasteiger partial charge in [-0.05, 0) is 48.7 Å². The summed E-state index contributed by atoms with van der Waals surface area (Å²) in [5.74, 6) is 0.0922. The predicted molar refractivity (Wildman–Crippen MR) is 162 cm³/mol. The summed E-state index contributed by atoms with van der Waals surface area (Å²) in [7, 11) is 0. The molecule has 2 aromatic carbocycles. The molecule has 4 aromatic rings. The van der Waals surface area contributed by atoms with Gasteiger partial charge in [0.2, 0.25) is 11.8 Å². The van der Waals surface area contributed by atoms with Crippen LogP contribution in [0.2, 0.25) is 0 Å². The average Bonchev–Trinajstić information content (AvgIpc) is 3.02. The maximum Gasteiger partial charge on any atom is 0.264 e. The van der Waals surface area contributed by atoms with Crippen LogP contribution in [0.25, 0.3) is 10.9 Å². The fourth-order valence-electron chi connectivity index (χ4n) is 5.77. The van der Waals surface area contributed by atoms with E-state index in [0.29, 0.717) is 34.7 Å². The molecule has 0 radical (unpaired) electrons. The van der Waals surface area contributed by atoms with Gasteiger partial charge >= 0.3 is 0 Å². The normalized spacial score (nSPS) is 19.2. The molecule has 2 N–H and O–H groups in total. The van der Waals surface area contributed by atoms with Crippen LogP contribution in [0.15, 0.2) is 71.9 Å². The number of piperidine rings is 1. The monoisotopic (exact) mass is 576 g/mol. The lowest BCUT2D eigenvalue weighted by Gasteiger charge is -2.40. The number of aromatic nitrogens is 3. The Hall–Kier alpha value is -5.08. The van der Waals surface area contributed by atoms with Crippen LogP contribution in [0.1, 0.15) is 42.5 Å². The lowest BCUT2D eigenvalue weighted by atomic mass is 10.1. The van der Waals surface area contributed by atoms with Crippen LogP contribution in [0, 0.1) is 11.3 Å². The fourth-order valence-corrected chi connectivity index (χ4v) is 5.77. The first-order valence-electron chi connectivity index (χ1n) is 14.4. The molecule has 1 unspecified atom stereocenters. The number of rotatable bonds is 7. The first kappa shape index (κ1) is 28.1. The summed E-state index contributed by atoms with van der Waals surface area (Å²) in [6.45, 7) is 6.23. The zero-order valence-corrected chi connectivity index (χ0v) is 23.9. The first-order valence-corrected chi connectivity index (χ1v) is 14.4. The lowest BCUT2D eigenvalue weighted by Crippen LogP contribution is -2.51. The summed E-state index contributed by atoms with van der Waals surface area (Å²) in [4.78, 5) is 51.0. The smallest absolute Gasteiger partial charge is 0.264 e. The van der Waals surface area contributed by atoms with E-state index in [1.807, 2.05) is 24.3 Å².